The summed E-state index contributed by atoms with van der Waals surface area (Å²) in [5.74, 6) is 0.378. The maximum atomic E-state index is 9.76. The van der Waals surface area contributed by atoms with Crippen molar-refractivity contribution in [3.05, 3.63) is 42.0 Å². The summed E-state index contributed by atoms with van der Waals surface area (Å²) in [5.41, 5.74) is 1.38. The van der Waals surface area contributed by atoms with Crippen LogP contribution in [0.2, 0.25) is 0 Å². The lowest BCUT2D eigenvalue weighted by Crippen LogP contribution is -1.87. The molecule has 0 spiro atoms. The number of rotatable bonds is 7. The average molecular weight is 256 g/mol. The van der Waals surface area contributed by atoms with Crippen LogP contribution in [-0.2, 0) is 6.42 Å². The van der Waals surface area contributed by atoms with Gasteiger partial charge in [-0.25, -0.2) is 0 Å². The molecule has 2 aromatic rings. The van der Waals surface area contributed by atoms with E-state index < -0.39 is 0 Å². The molecule has 0 unspecified atom stereocenters. The molecule has 0 radical (unpaired) electrons. The highest BCUT2D eigenvalue weighted by Gasteiger charge is 2.00. The number of benzene rings is 2. The van der Waals surface area contributed by atoms with Crippen LogP contribution in [-0.4, -0.2) is 5.11 Å². The van der Waals surface area contributed by atoms with Crippen LogP contribution in [0.3, 0.4) is 0 Å². The van der Waals surface area contributed by atoms with Crippen molar-refractivity contribution in [2.45, 2.75) is 51.9 Å². The maximum absolute atomic E-state index is 9.76. The molecule has 1 N–H and O–H groups in total. The molecule has 102 valence electrons. The summed E-state index contributed by atoms with van der Waals surface area (Å²) < 4.78 is 0. The van der Waals surface area contributed by atoms with Crippen LogP contribution in [0.25, 0.3) is 10.8 Å². The first kappa shape index (κ1) is 13.9. The Kier molecular flexibility index (Phi) is 5.26. The average Bonchev–Trinajstić information content (AvgIpc) is 2.43. The highest BCUT2D eigenvalue weighted by atomic mass is 16.3. The molecular formula is C18H24O. The van der Waals surface area contributed by atoms with Gasteiger partial charge in [0.05, 0.1) is 0 Å². The fourth-order valence-electron chi connectivity index (χ4n) is 2.58. The standard InChI is InChI=1S/C18H24O/c1-2-3-4-5-6-7-9-15-12-13-17-16(14-15)10-8-11-18(17)19/h8,10-14,19H,2-7,9H2,1H3. The predicted octanol–water partition coefficient (Wildman–Crippen LogP) is 5.45. The molecule has 0 aromatic heterocycles. The monoisotopic (exact) mass is 256 g/mol. The van der Waals surface area contributed by atoms with Gasteiger partial charge in [-0.3, -0.25) is 0 Å². The molecule has 0 saturated heterocycles. The Balaban J connectivity index is 1.88. The summed E-state index contributed by atoms with van der Waals surface area (Å²) in [6.07, 6.45) is 9.18. The second-order valence-electron chi connectivity index (χ2n) is 5.35. The Bertz CT molecular complexity index is 516. The third-order valence-corrected chi connectivity index (χ3v) is 3.74. The van der Waals surface area contributed by atoms with Gasteiger partial charge in [-0.2, -0.15) is 0 Å². The van der Waals surface area contributed by atoms with E-state index in [0.717, 1.165) is 17.2 Å². The minimum absolute atomic E-state index is 0.378. The van der Waals surface area contributed by atoms with Gasteiger partial charge in [-0.15, -0.1) is 0 Å². The Morgan fingerprint density at radius 1 is 0.895 bits per heavy atom. The van der Waals surface area contributed by atoms with Gasteiger partial charge in [0.2, 0.25) is 0 Å². The van der Waals surface area contributed by atoms with Crippen molar-refractivity contribution in [2.24, 2.45) is 0 Å². The highest BCUT2D eigenvalue weighted by Crippen LogP contribution is 2.25. The molecule has 0 aliphatic heterocycles. The van der Waals surface area contributed by atoms with Crippen LogP contribution in [0.1, 0.15) is 51.0 Å². The van der Waals surface area contributed by atoms with E-state index in [2.05, 4.69) is 25.1 Å². The van der Waals surface area contributed by atoms with Crippen molar-refractivity contribution < 1.29 is 5.11 Å². The number of hydrogen-bond donors (Lipinski definition) is 1. The normalized spacial score (nSPS) is 11.0. The first-order chi connectivity index (χ1) is 9.31. The number of aromatic hydroxyl groups is 1. The lowest BCUT2D eigenvalue weighted by molar-refractivity contribution is 0.481. The van der Waals surface area contributed by atoms with Crippen LogP contribution in [0.4, 0.5) is 0 Å². The van der Waals surface area contributed by atoms with E-state index in [0.29, 0.717) is 5.75 Å². The fourth-order valence-corrected chi connectivity index (χ4v) is 2.58. The molecule has 2 rings (SSSR count). The molecule has 19 heavy (non-hydrogen) atoms. The van der Waals surface area contributed by atoms with Crippen molar-refractivity contribution >= 4 is 10.8 Å². The van der Waals surface area contributed by atoms with E-state index in [9.17, 15) is 5.11 Å². The SMILES string of the molecule is CCCCCCCCc1ccc2c(O)cccc2c1. The summed E-state index contributed by atoms with van der Waals surface area (Å²) in [6.45, 7) is 2.25. The molecule has 0 aliphatic rings. The van der Waals surface area contributed by atoms with Gasteiger partial charge in [0.25, 0.3) is 0 Å². The van der Waals surface area contributed by atoms with Gasteiger partial charge in [0, 0.05) is 5.39 Å². The van der Waals surface area contributed by atoms with Crippen molar-refractivity contribution in [1.29, 1.82) is 0 Å². The molecule has 0 atom stereocenters. The molecule has 2 aromatic carbocycles. The number of hydrogen-bond acceptors (Lipinski definition) is 1. The summed E-state index contributed by atoms with van der Waals surface area (Å²) in [4.78, 5) is 0. The molecule has 0 aliphatic carbocycles. The van der Waals surface area contributed by atoms with Gasteiger partial charge in [-0.05, 0) is 29.9 Å². The number of phenolic OH excluding ortho intramolecular Hbond substituents is 1. The lowest BCUT2D eigenvalue weighted by atomic mass is 10.0. The van der Waals surface area contributed by atoms with Gasteiger partial charge in [-0.1, -0.05) is 69.4 Å². The quantitative estimate of drug-likeness (QED) is 0.653. The van der Waals surface area contributed by atoms with E-state index in [4.69, 9.17) is 0 Å². The van der Waals surface area contributed by atoms with E-state index >= 15 is 0 Å². The topological polar surface area (TPSA) is 20.2 Å². The Morgan fingerprint density at radius 3 is 2.53 bits per heavy atom. The predicted molar refractivity (Wildman–Crippen MR) is 82.7 cm³/mol. The molecule has 1 nitrogen and oxygen atoms in total. The second kappa shape index (κ2) is 7.18. The van der Waals surface area contributed by atoms with Crippen molar-refractivity contribution in [3.8, 4) is 5.75 Å². The van der Waals surface area contributed by atoms with Crippen molar-refractivity contribution in [1.82, 2.24) is 0 Å². The van der Waals surface area contributed by atoms with E-state index in [1.807, 2.05) is 12.1 Å². The zero-order chi connectivity index (χ0) is 13.5. The largest absolute Gasteiger partial charge is 0.507 e. The van der Waals surface area contributed by atoms with Gasteiger partial charge >= 0.3 is 0 Å². The fraction of sp³-hybridized carbons (Fsp3) is 0.444. The Labute approximate surface area is 116 Å². The van der Waals surface area contributed by atoms with Gasteiger partial charge < -0.3 is 5.11 Å². The van der Waals surface area contributed by atoms with E-state index in [-0.39, 0.29) is 0 Å². The smallest absolute Gasteiger partial charge is 0.123 e. The zero-order valence-corrected chi connectivity index (χ0v) is 11.9. The molecular weight excluding hydrogens is 232 g/mol. The Hall–Kier alpha value is -1.50. The van der Waals surface area contributed by atoms with Gasteiger partial charge in [0.1, 0.15) is 5.75 Å². The first-order valence-corrected chi connectivity index (χ1v) is 7.52. The first-order valence-electron chi connectivity index (χ1n) is 7.52. The summed E-state index contributed by atoms with van der Waals surface area (Å²) in [6, 6.07) is 12.1. The molecule has 0 heterocycles. The van der Waals surface area contributed by atoms with Crippen LogP contribution in [0.5, 0.6) is 5.75 Å². The number of phenols is 1. The number of fused-ring (bicyclic) bond motifs is 1. The number of aryl methyl sites for hydroxylation is 1. The van der Waals surface area contributed by atoms with E-state index in [1.54, 1.807) is 6.07 Å². The molecule has 0 amide bonds. The summed E-state index contributed by atoms with van der Waals surface area (Å²) in [7, 11) is 0. The number of unbranched alkanes of at least 4 members (excludes halogenated alkanes) is 5. The summed E-state index contributed by atoms with van der Waals surface area (Å²) >= 11 is 0. The lowest BCUT2D eigenvalue weighted by Gasteiger charge is -2.05. The molecule has 0 saturated carbocycles. The van der Waals surface area contributed by atoms with Crippen LogP contribution >= 0.6 is 0 Å². The van der Waals surface area contributed by atoms with Crippen molar-refractivity contribution in [2.75, 3.05) is 0 Å². The minimum Gasteiger partial charge on any atom is -0.507 e. The van der Waals surface area contributed by atoms with Crippen LogP contribution in [0, 0.1) is 0 Å². The van der Waals surface area contributed by atoms with E-state index in [1.165, 1.54) is 44.1 Å². The van der Waals surface area contributed by atoms with Crippen molar-refractivity contribution in [3.63, 3.8) is 0 Å². The highest BCUT2D eigenvalue weighted by molar-refractivity contribution is 5.88. The summed E-state index contributed by atoms with van der Waals surface area (Å²) in [5, 5.41) is 11.9. The minimum atomic E-state index is 0.378. The maximum Gasteiger partial charge on any atom is 0.123 e. The third-order valence-electron chi connectivity index (χ3n) is 3.74. The molecule has 0 bridgehead atoms. The zero-order valence-electron chi connectivity index (χ0n) is 11.9. The van der Waals surface area contributed by atoms with Crippen LogP contribution in [0.15, 0.2) is 36.4 Å². The Morgan fingerprint density at radius 2 is 1.68 bits per heavy atom. The second-order valence-corrected chi connectivity index (χ2v) is 5.35. The molecule has 1 heteroatoms. The molecule has 0 fully saturated rings. The van der Waals surface area contributed by atoms with Crippen LogP contribution < -0.4 is 0 Å². The third kappa shape index (κ3) is 3.99. The van der Waals surface area contributed by atoms with Gasteiger partial charge in [0.15, 0.2) is 0 Å².